The van der Waals surface area contributed by atoms with Gasteiger partial charge in [0.15, 0.2) is 0 Å². The summed E-state index contributed by atoms with van der Waals surface area (Å²) in [5.41, 5.74) is 2.26. The summed E-state index contributed by atoms with van der Waals surface area (Å²) in [6.45, 7) is 9.06. The Hall–Kier alpha value is -2.86. The van der Waals surface area contributed by atoms with E-state index in [1.165, 1.54) is 0 Å². The number of nitrogens with one attached hydrogen (secondary N) is 1. The van der Waals surface area contributed by atoms with Gasteiger partial charge in [-0.2, -0.15) is 0 Å². The highest BCUT2D eigenvalue weighted by Crippen LogP contribution is 2.24. The monoisotopic (exact) mass is 409 g/mol. The van der Waals surface area contributed by atoms with Gasteiger partial charge in [0.25, 0.3) is 5.91 Å². The van der Waals surface area contributed by atoms with Gasteiger partial charge >= 0.3 is 0 Å². The molecule has 2 aromatic carbocycles. The van der Waals surface area contributed by atoms with Gasteiger partial charge in [-0.05, 0) is 49.3 Å². The third-order valence-corrected chi connectivity index (χ3v) is 5.46. The average Bonchev–Trinajstić information content (AvgIpc) is 3.17. The maximum Gasteiger partial charge on any atom is 0.255 e. The Kier molecular flexibility index (Phi) is 7.85. The van der Waals surface area contributed by atoms with E-state index in [-0.39, 0.29) is 11.8 Å². The standard InChI is InChI=1S/C24H31N3O3/c1-3-26(4-2)16-17-30-22-9-6-5-8-21(22)25-24(29)20-13-11-19(12-14-20)18-27-15-7-10-23(27)28/h5-6,8-9,11-14H,3-4,7,10,15-18H2,1-2H3,(H,25,29). The minimum atomic E-state index is -0.182. The first kappa shape index (κ1) is 21.8. The molecule has 0 aliphatic carbocycles. The van der Waals surface area contributed by atoms with Crippen molar-refractivity contribution in [3.05, 3.63) is 59.7 Å². The fourth-order valence-electron chi connectivity index (χ4n) is 3.57. The van der Waals surface area contributed by atoms with Gasteiger partial charge in [0.1, 0.15) is 12.4 Å². The number of likely N-dealkylation sites (N-methyl/N-ethyl adjacent to an activating group) is 1. The van der Waals surface area contributed by atoms with Crippen LogP contribution in [0.15, 0.2) is 48.5 Å². The summed E-state index contributed by atoms with van der Waals surface area (Å²) in [7, 11) is 0. The summed E-state index contributed by atoms with van der Waals surface area (Å²) < 4.78 is 5.92. The molecule has 1 aliphatic rings. The van der Waals surface area contributed by atoms with Crippen LogP contribution >= 0.6 is 0 Å². The summed E-state index contributed by atoms with van der Waals surface area (Å²) in [5.74, 6) is 0.690. The van der Waals surface area contributed by atoms with Crippen molar-refractivity contribution in [2.75, 3.05) is 38.1 Å². The molecule has 1 aliphatic heterocycles. The first-order valence-corrected chi connectivity index (χ1v) is 10.7. The van der Waals surface area contributed by atoms with E-state index in [0.29, 0.717) is 36.6 Å². The molecule has 1 fully saturated rings. The number of hydrogen-bond acceptors (Lipinski definition) is 4. The highest BCUT2D eigenvalue weighted by molar-refractivity contribution is 6.05. The minimum Gasteiger partial charge on any atom is -0.490 e. The number of para-hydroxylation sites is 2. The maximum atomic E-state index is 12.7. The van der Waals surface area contributed by atoms with E-state index in [9.17, 15) is 9.59 Å². The van der Waals surface area contributed by atoms with Gasteiger partial charge in [-0.15, -0.1) is 0 Å². The highest BCUT2D eigenvalue weighted by atomic mass is 16.5. The van der Waals surface area contributed by atoms with E-state index in [4.69, 9.17) is 4.74 Å². The second-order valence-corrected chi connectivity index (χ2v) is 7.44. The molecule has 1 heterocycles. The summed E-state index contributed by atoms with van der Waals surface area (Å²) >= 11 is 0. The van der Waals surface area contributed by atoms with Gasteiger partial charge in [0.2, 0.25) is 5.91 Å². The number of carbonyl (C=O) groups excluding carboxylic acids is 2. The number of carbonyl (C=O) groups is 2. The molecule has 1 N–H and O–H groups in total. The van der Waals surface area contributed by atoms with Crippen LogP contribution < -0.4 is 10.1 Å². The molecule has 0 unspecified atom stereocenters. The van der Waals surface area contributed by atoms with Crippen molar-refractivity contribution in [2.24, 2.45) is 0 Å². The largest absolute Gasteiger partial charge is 0.490 e. The normalized spacial score (nSPS) is 13.7. The Morgan fingerprint density at radius 3 is 2.50 bits per heavy atom. The van der Waals surface area contributed by atoms with E-state index < -0.39 is 0 Å². The van der Waals surface area contributed by atoms with Crippen molar-refractivity contribution >= 4 is 17.5 Å². The summed E-state index contributed by atoms with van der Waals surface area (Å²) in [6.07, 6.45) is 1.56. The summed E-state index contributed by atoms with van der Waals surface area (Å²) in [4.78, 5) is 28.6. The van der Waals surface area contributed by atoms with Crippen molar-refractivity contribution < 1.29 is 14.3 Å². The van der Waals surface area contributed by atoms with E-state index in [0.717, 1.165) is 38.2 Å². The Morgan fingerprint density at radius 1 is 1.10 bits per heavy atom. The Balaban J connectivity index is 1.58. The van der Waals surface area contributed by atoms with Gasteiger partial charge in [0, 0.05) is 31.6 Å². The fourth-order valence-corrected chi connectivity index (χ4v) is 3.57. The van der Waals surface area contributed by atoms with Crippen molar-refractivity contribution in [1.82, 2.24) is 9.80 Å². The Morgan fingerprint density at radius 2 is 1.83 bits per heavy atom. The van der Waals surface area contributed by atoms with Crippen molar-refractivity contribution in [2.45, 2.75) is 33.2 Å². The van der Waals surface area contributed by atoms with Crippen LogP contribution in [-0.2, 0) is 11.3 Å². The van der Waals surface area contributed by atoms with E-state index >= 15 is 0 Å². The number of nitrogens with zero attached hydrogens (tertiary/aromatic N) is 2. The van der Waals surface area contributed by atoms with Crippen LogP contribution in [-0.4, -0.2) is 54.4 Å². The molecule has 2 amide bonds. The molecule has 0 saturated carbocycles. The van der Waals surface area contributed by atoms with Crippen LogP contribution in [0.2, 0.25) is 0 Å². The number of benzene rings is 2. The van der Waals surface area contributed by atoms with Crippen LogP contribution in [0.5, 0.6) is 5.75 Å². The smallest absolute Gasteiger partial charge is 0.255 e. The third kappa shape index (κ3) is 5.83. The lowest BCUT2D eigenvalue weighted by Crippen LogP contribution is -2.28. The Bertz CT molecular complexity index is 847. The van der Waals surface area contributed by atoms with Gasteiger partial charge < -0.3 is 19.9 Å². The quantitative estimate of drug-likeness (QED) is 0.649. The second-order valence-electron chi connectivity index (χ2n) is 7.44. The maximum absolute atomic E-state index is 12.7. The van der Waals surface area contributed by atoms with Crippen LogP contribution in [0.1, 0.15) is 42.6 Å². The number of likely N-dealkylation sites (tertiary alicyclic amines) is 1. The van der Waals surface area contributed by atoms with E-state index in [1.54, 1.807) is 12.1 Å². The SMILES string of the molecule is CCN(CC)CCOc1ccccc1NC(=O)c1ccc(CN2CCCC2=O)cc1. The summed E-state index contributed by atoms with van der Waals surface area (Å²) in [6, 6.07) is 14.9. The van der Waals surface area contributed by atoms with Crippen molar-refractivity contribution in [3.8, 4) is 5.75 Å². The number of hydrogen-bond donors (Lipinski definition) is 1. The van der Waals surface area contributed by atoms with Crippen LogP contribution in [0, 0.1) is 0 Å². The lowest BCUT2D eigenvalue weighted by atomic mass is 10.1. The summed E-state index contributed by atoms with van der Waals surface area (Å²) in [5, 5.41) is 2.95. The van der Waals surface area contributed by atoms with E-state index in [2.05, 4.69) is 24.1 Å². The molecule has 3 rings (SSSR count). The lowest BCUT2D eigenvalue weighted by molar-refractivity contribution is -0.128. The number of anilines is 1. The number of rotatable bonds is 10. The molecule has 30 heavy (non-hydrogen) atoms. The minimum absolute atomic E-state index is 0.182. The molecule has 6 heteroatoms. The number of amides is 2. The molecular weight excluding hydrogens is 378 g/mol. The van der Waals surface area contributed by atoms with Crippen LogP contribution in [0.4, 0.5) is 5.69 Å². The zero-order valence-corrected chi connectivity index (χ0v) is 17.9. The topological polar surface area (TPSA) is 61.9 Å². The second kappa shape index (κ2) is 10.8. The van der Waals surface area contributed by atoms with Crippen LogP contribution in [0.25, 0.3) is 0 Å². The first-order valence-electron chi connectivity index (χ1n) is 10.7. The Labute approximate surface area is 178 Å². The lowest BCUT2D eigenvalue weighted by Gasteiger charge is -2.19. The highest BCUT2D eigenvalue weighted by Gasteiger charge is 2.20. The van der Waals surface area contributed by atoms with Gasteiger partial charge in [0.05, 0.1) is 5.69 Å². The van der Waals surface area contributed by atoms with Gasteiger partial charge in [-0.25, -0.2) is 0 Å². The van der Waals surface area contributed by atoms with Crippen molar-refractivity contribution in [3.63, 3.8) is 0 Å². The molecule has 0 atom stereocenters. The third-order valence-electron chi connectivity index (χ3n) is 5.46. The fraction of sp³-hybridized carbons (Fsp3) is 0.417. The zero-order chi connectivity index (χ0) is 21.3. The molecule has 6 nitrogen and oxygen atoms in total. The molecule has 0 bridgehead atoms. The van der Waals surface area contributed by atoms with Crippen molar-refractivity contribution in [1.29, 1.82) is 0 Å². The molecule has 0 radical (unpaired) electrons. The first-order chi connectivity index (χ1) is 14.6. The molecular formula is C24H31N3O3. The molecule has 0 spiro atoms. The number of ether oxygens (including phenoxy) is 1. The van der Waals surface area contributed by atoms with Gasteiger partial charge in [-0.3, -0.25) is 9.59 Å². The molecule has 2 aromatic rings. The average molecular weight is 410 g/mol. The van der Waals surface area contributed by atoms with Crippen LogP contribution in [0.3, 0.4) is 0 Å². The predicted molar refractivity (Wildman–Crippen MR) is 119 cm³/mol. The molecule has 0 aromatic heterocycles. The molecule has 1 saturated heterocycles. The van der Waals surface area contributed by atoms with E-state index in [1.807, 2.05) is 41.3 Å². The molecule has 160 valence electrons. The van der Waals surface area contributed by atoms with Gasteiger partial charge in [-0.1, -0.05) is 38.1 Å². The predicted octanol–water partition coefficient (Wildman–Crippen LogP) is 3.78. The zero-order valence-electron chi connectivity index (χ0n) is 17.9.